The number of carbonyl (C=O) groups excluding carboxylic acids is 1. The van der Waals surface area contributed by atoms with Gasteiger partial charge in [-0.1, -0.05) is 20.3 Å². The zero-order chi connectivity index (χ0) is 11.7. The van der Waals surface area contributed by atoms with Crippen LogP contribution in [0.3, 0.4) is 0 Å². The van der Waals surface area contributed by atoms with Gasteiger partial charge in [0.05, 0.1) is 13.2 Å². The average molecular weight is 216 g/mol. The fourth-order valence-electron chi connectivity index (χ4n) is 1.52. The van der Waals surface area contributed by atoms with Gasteiger partial charge >= 0.3 is 0 Å². The molecule has 0 aromatic carbocycles. The Morgan fingerprint density at radius 3 is 2.60 bits per heavy atom. The lowest BCUT2D eigenvalue weighted by Gasteiger charge is -2.20. The summed E-state index contributed by atoms with van der Waals surface area (Å²) < 4.78 is 0. The number of rotatable bonds is 8. The SMILES string of the molecule is CCCC(C)NC(=O)CN(CC)CCO. The van der Waals surface area contributed by atoms with E-state index in [1.807, 2.05) is 18.7 Å². The van der Waals surface area contributed by atoms with Crippen LogP contribution >= 0.6 is 0 Å². The van der Waals surface area contributed by atoms with Crippen LogP contribution in [0.15, 0.2) is 0 Å². The highest BCUT2D eigenvalue weighted by Crippen LogP contribution is 1.95. The average Bonchev–Trinajstić information content (AvgIpc) is 2.17. The van der Waals surface area contributed by atoms with Crippen molar-refractivity contribution in [2.45, 2.75) is 39.7 Å². The number of nitrogens with one attached hydrogen (secondary N) is 1. The van der Waals surface area contributed by atoms with Crippen molar-refractivity contribution in [2.75, 3.05) is 26.2 Å². The van der Waals surface area contributed by atoms with E-state index in [1.165, 1.54) is 0 Å². The van der Waals surface area contributed by atoms with Crippen LogP contribution < -0.4 is 5.32 Å². The van der Waals surface area contributed by atoms with E-state index in [0.717, 1.165) is 19.4 Å². The molecule has 0 aromatic rings. The summed E-state index contributed by atoms with van der Waals surface area (Å²) in [5.41, 5.74) is 0. The first-order chi connectivity index (χ1) is 7.13. The van der Waals surface area contributed by atoms with Gasteiger partial charge in [-0.2, -0.15) is 0 Å². The second-order valence-electron chi connectivity index (χ2n) is 3.85. The molecule has 90 valence electrons. The molecular formula is C11H24N2O2. The second-order valence-corrected chi connectivity index (χ2v) is 3.85. The van der Waals surface area contributed by atoms with Gasteiger partial charge in [-0.15, -0.1) is 0 Å². The minimum Gasteiger partial charge on any atom is -0.395 e. The van der Waals surface area contributed by atoms with E-state index in [9.17, 15) is 4.79 Å². The van der Waals surface area contributed by atoms with E-state index >= 15 is 0 Å². The highest BCUT2D eigenvalue weighted by Gasteiger charge is 2.10. The van der Waals surface area contributed by atoms with Gasteiger partial charge in [-0.3, -0.25) is 9.69 Å². The molecule has 15 heavy (non-hydrogen) atoms. The molecule has 0 aliphatic rings. The zero-order valence-corrected chi connectivity index (χ0v) is 10.1. The van der Waals surface area contributed by atoms with Gasteiger partial charge in [0.15, 0.2) is 0 Å². The third kappa shape index (κ3) is 7.33. The number of nitrogens with zero attached hydrogens (tertiary/aromatic N) is 1. The largest absolute Gasteiger partial charge is 0.395 e. The molecule has 0 rings (SSSR count). The Morgan fingerprint density at radius 2 is 2.13 bits per heavy atom. The summed E-state index contributed by atoms with van der Waals surface area (Å²) in [5, 5.41) is 11.7. The molecule has 0 bridgehead atoms. The Hall–Kier alpha value is -0.610. The number of amides is 1. The monoisotopic (exact) mass is 216 g/mol. The molecule has 0 saturated carbocycles. The molecule has 0 heterocycles. The molecular weight excluding hydrogens is 192 g/mol. The van der Waals surface area contributed by atoms with E-state index in [2.05, 4.69) is 12.2 Å². The van der Waals surface area contributed by atoms with Crippen molar-refractivity contribution < 1.29 is 9.90 Å². The second kappa shape index (κ2) is 8.68. The van der Waals surface area contributed by atoms with Gasteiger partial charge in [0.1, 0.15) is 0 Å². The van der Waals surface area contributed by atoms with Crippen molar-refractivity contribution in [2.24, 2.45) is 0 Å². The third-order valence-electron chi connectivity index (χ3n) is 2.36. The number of hydrogen-bond acceptors (Lipinski definition) is 3. The van der Waals surface area contributed by atoms with E-state index in [-0.39, 0.29) is 18.6 Å². The molecule has 0 spiro atoms. The molecule has 2 N–H and O–H groups in total. The fraction of sp³-hybridized carbons (Fsp3) is 0.909. The number of hydrogen-bond donors (Lipinski definition) is 2. The third-order valence-corrected chi connectivity index (χ3v) is 2.36. The smallest absolute Gasteiger partial charge is 0.234 e. The van der Waals surface area contributed by atoms with Gasteiger partial charge < -0.3 is 10.4 Å². The Kier molecular flexibility index (Phi) is 8.33. The molecule has 1 atom stereocenters. The molecule has 0 fully saturated rings. The summed E-state index contributed by atoms with van der Waals surface area (Å²) >= 11 is 0. The van der Waals surface area contributed by atoms with E-state index < -0.39 is 0 Å². The Bertz CT molecular complexity index is 174. The highest BCUT2D eigenvalue weighted by atomic mass is 16.3. The van der Waals surface area contributed by atoms with Crippen molar-refractivity contribution in [1.29, 1.82) is 0 Å². The maximum atomic E-state index is 11.5. The highest BCUT2D eigenvalue weighted by molar-refractivity contribution is 5.78. The van der Waals surface area contributed by atoms with Gasteiger partial charge in [0.25, 0.3) is 0 Å². The summed E-state index contributed by atoms with van der Waals surface area (Å²) in [6, 6.07) is 0.246. The van der Waals surface area contributed by atoms with Crippen LogP contribution in [-0.4, -0.2) is 48.2 Å². The molecule has 0 aliphatic carbocycles. The molecule has 0 saturated heterocycles. The van der Waals surface area contributed by atoms with Crippen molar-refractivity contribution in [3.8, 4) is 0 Å². The van der Waals surface area contributed by atoms with Gasteiger partial charge in [-0.05, 0) is 19.9 Å². The molecule has 4 nitrogen and oxygen atoms in total. The zero-order valence-electron chi connectivity index (χ0n) is 10.1. The number of aliphatic hydroxyl groups excluding tert-OH is 1. The molecule has 1 unspecified atom stereocenters. The van der Waals surface area contributed by atoms with Crippen LogP contribution in [0.25, 0.3) is 0 Å². The molecule has 0 aliphatic heterocycles. The van der Waals surface area contributed by atoms with E-state index in [0.29, 0.717) is 13.1 Å². The first-order valence-corrected chi connectivity index (χ1v) is 5.76. The maximum absolute atomic E-state index is 11.5. The van der Waals surface area contributed by atoms with Gasteiger partial charge in [-0.25, -0.2) is 0 Å². The lowest BCUT2D eigenvalue weighted by atomic mass is 10.2. The standard InChI is InChI=1S/C11H24N2O2/c1-4-6-10(3)12-11(15)9-13(5-2)7-8-14/h10,14H,4-9H2,1-3H3,(H,12,15). The van der Waals surface area contributed by atoms with Crippen LogP contribution in [0.4, 0.5) is 0 Å². The van der Waals surface area contributed by atoms with Crippen LogP contribution in [0, 0.1) is 0 Å². The van der Waals surface area contributed by atoms with Crippen molar-refractivity contribution in [3.63, 3.8) is 0 Å². The van der Waals surface area contributed by atoms with Crippen molar-refractivity contribution >= 4 is 5.91 Å². The fourth-order valence-corrected chi connectivity index (χ4v) is 1.52. The van der Waals surface area contributed by atoms with Crippen LogP contribution in [-0.2, 0) is 4.79 Å². The van der Waals surface area contributed by atoms with Gasteiger partial charge in [0, 0.05) is 12.6 Å². The minimum absolute atomic E-state index is 0.0475. The van der Waals surface area contributed by atoms with Gasteiger partial charge in [0.2, 0.25) is 5.91 Å². The van der Waals surface area contributed by atoms with Crippen LogP contribution in [0.5, 0.6) is 0 Å². The summed E-state index contributed by atoms with van der Waals surface area (Å²) in [5.74, 6) is 0.0475. The normalized spacial score (nSPS) is 12.9. The predicted octanol–water partition coefficient (Wildman–Crippen LogP) is 0.605. The molecule has 0 aromatic heterocycles. The number of aliphatic hydroxyl groups is 1. The number of likely N-dealkylation sites (N-methyl/N-ethyl adjacent to an activating group) is 1. The van der Waals surface area contributed by atoms with Crippen molar-refractivity contribution in [1.82, 2.24) is 10.2 Å². The molecule has 0 radical (unpaired) electrons. The first-order valence-electron chi connectivity index (χ1n) is 5.76. The van der Waals surface area contributed by atoms with E-state index in [1.54, 1.807) is 0 Å². The maximum Gasteiger partial charge on any atom is 0.234 e. The summed E-state index contributed by atoms with van der Waals surface area (Å²) in [6.07, 6.45) is 2.09. The lowest BCUT2D eigenvalue weighted by molar-refractivity contribution is -0.122. The van der Waals surface area contributed by atoms with Crippen LogP contribution in [0.2, 0.25) is 0 Å². The summed E-state index contributed by atoms with van der Waals surface area (Å²) in [6.45, 7) is 7.94. The summed E-state index contributed by atoms with van der Waals surface area (Å²) in [7, 11) is 0. The Labute approximate surface area is 92.7 Å². The Morgan fingerprint density at radius 1 is 1.47 bits per heavy atom. The Balaban J connectivity index is 3.79. The number of carbonyl (C=O) groups is 1. The topological polar surface area (TPSA) is 52.6 Å². The molecule has 4 heteroatoms. The summed E-state index contributed by atoms with van der Waals surface area (Å²) in [4.78, 5) is 13.5. The van der Waals surface area contributed by atoms with E-state index in [4.69, 9.17) is 5.11 Å². The quantitative estimate of drug-likeness (QED) is 0.625. The first kappa shape index (κ1) is 14.4. The van der Waals surface area contributed by atoms with Crippen molar-refractivity contribution in [3.05, 3.63) is 0 Å². The lowest BCUT2D eigenvalue weighted by Crippen LogP contribution is -2.41. The molecule has 1 amide bonds. The predicted molar refractivity (Wildman–Crippen MR) is 61.7 cm³/mol. The minimum atomic E-state index is 0.0475. The van der Waals surface area contributed by atoms with Crippen LogP contribution in [0.1, 0.15) is 33.6 Å².